The number of aryl methyl sites for hydroxylation is 1. The lowest BCUT2D eigenvalue weighted by Crippen LogP contribution is -2.52. The highest BCUT2D eigenvalue weighted by Crippen LogP contribution is 2.49. The number of carbonyl (C=O) groups is 2. The van der Waals surface area contributed by atoms with Crippen LogP contribution in [0.1, 0.15) is 32.6 Å². The SMILES string of the molecule is Cc1ccc(CC(=O)N2CCN3C(=O)c4ccccc4C23c2ccc(Cl)cc2)cc1. The first-order valence-electron chi connectivity index (χ1n) is 10.1. The van der Waals surface area contributed by atoms with E-state index < -0.39 is 5.66 Å². The zero-order chi connectivity index (χ0) is 20.9. The number of carbonyl (C=O) groups excluding carboxylic acids is 2. The van der Waals surface area contributed by atoms with Gasteiger partial charge in [0.2, 0.25) is 5.91 Å². The Morgan fingerprint density at radius 3 is 2.40 bits per heavy atom. The minimum Gasteiger partial charge on any atom is -0.309 e. The second-order valence-electron chi connectivity index (χ2n) is 7.89. The largest absolute Gasteiger partial charge is 0.309 e. The molecule has 0 N–H and O–H groups in total. The predicted molar refractivity (Wildman–Crippen MR) is 116 cm³/mol. The normalized spacial score (nSPS) is 19.7. The summed E-state index contributed by atoms with van der Waals surface area (Å²) in [5.74, 6) is -0.0352. The second-order valence-corrected chi connectivity index (χ2v) is 8.33. The highest BCUT2D eigenvalue weighted by molar-refractivity contribution is 6.30. The molecule has 5 heteroatoms. The van der Waals surface area contributed by atoms with Gasteiger partial charge in [0.15, 0.2) is 5.66 Å². The molecule has 3 aromatic carbocycles. The van der Waals surface area contributed by atoms with E-state index in [-0.39, 0.29) is 11.8 Å². The Kier molecular flexibility index (Phi) is 4.40. The molecule has 0 aliphatic carbocycles. The van der Waals surface area contributed by atoms with Crippen molar-refractivity contribution in [1.29, 1.82) is 0 Å². The van der Waals surface area contributed by atoms with Gasteiger partial charge in [-0.25, -0.2) is 0 Å². The van der Waals surface area contributed by atoms with Crippen LogP contribution in [0.2, 0.25) is 5.02 Å². The van der Waals surface area contributed by atoms with Crippen molar-refractivity contribution in [2.45, 2.75) is 19.0 Å². The third kappa shape index (κ3) is 2.67. The summed E-state index contributed by atoms with van der Waals surface area (Å²) in [4.78, 5) is 30.5. The first-order valence-corrected chi connectivity index (χ1v) is 10.4. The molecule has 1 saturated heterocycles. The van der Waals surface area contributed by atoms with E-state index in [0.29, 0.717) is 30.1 Å². The lowest BCUT2D eigenvalue weighted by atomic mass is 9.89. The van der Waals surface area contributed by atoms with Crippen LogP contribution in [0.3, 0.4) is 0 Å². The number of amides is 2. The first-order chi connectivity index (χ1) is 14.5. The van der Waals surface area contributed by atoms with Gasteiger partial charge in [-0.05, 0) is 30.7 Å². The molecule has 0 bridgehead atoms. The van der Waals surface area contributed by atoms with Crippen molar-refractivity contribution in [1.82, 2.24) is 9.80 Å². The van der Waals surface area contributed by atoms with E-state index in [1.54, 1.807) is 0 Å². The fourth-order valence-electron chi connectivity index (χ4n) is 4.76. The Bertz CT molecular complexity index is 1140. The molecule has 4 nitrogen and oxygen atoms in total. The van der Waals surface area contributed by atoms with Gasteiger partial charge >= 0.3 is 0 Å². The number of hydrogen-bond acceptors (Lipinski definition) is 2. The summed E-state index contributed by atoms with van der Waals surface area (Å²) in [7, 11) is 0. The summed E-state index contributed by atoms with van der Waals surface area (Å²) >= 11 is 6.15. The van der Waals surface area contributed by atoms with Gasteiger partial charge < -0.3 is 9.80 Å². The number of halogens is 1. The maximum atomic E-state index is 13.6. The number of nitrogens with zero attached hydrogens (tertiary/aromatic N) is 2. The van der Waals surface area contributed by atoms with E-state index in [9.17, 15) is 9.59 Å². The molecular formula is C25H21ClN2O2. The third-order valence-corrected chi connectivity index (χ3v) is 6.38. The Balaban J connectivity index is 1.64. The van der Waals surface area contributed by atoms with E-state index in [1.165, 1.54) is 0 Å². The lowest BCUT2D eigenvalue weighted by Gasteiger charge is -2.40. The van der Waals surface area contributed by atoms with Crippen molar-refractivity contribution in [2.75, 3.05) is 13.1 Å². The van der Waals surface area contributed by atoms with Crippen LogP contribution in [0.5, 0.6) is 0 Å². The van der Waals surface area contributed by atoms with Gasteiger partial charge in [-0.2, -0.15) is 0 Å². The van der Waals surface area contributed by atoms with E-state index in [4.69, 9.17) is 11.6 Å². The van der Waals surface area contributed by atoms with Crippen LogP contribution in [-0.4, -0.2) is 34.7 Å². The number of hydrogen-bond donors (Lipinski definition) is 0. The van der Waals surface area contributed by atoms with Crippen LogP contribution in [0, 0.1) is 6.92 Å². The standard InChI is InChI=1S/C25H21ClN2O2/c1-17-6-8-18(9-7-17)16-23(29)27-14-15-28-24(30)21-4-2-3-5-22(21)25(27,28)19-10-12-20(26)13-11-19/h2-13H,14-16H2,1H3. The van der Waals surface area contributed by atoms with Crippen molar-refractivity contribution >= 4 is 23.4 Å². The topological polar surface area (TPSA) is 40.6 Å². The van der Waals surface area contributed by atoms with Crippen LogP contribution in [-0.2, 0) is 16.9 Å². The Morgan fingerprint density at radius 1 is 0.967 bits per heavy atom. The van der Waals surface area contributed by atoms with E-state index in [0.717, 1.165) is 22.3 Å². The highest BCUT2D eigenvalue weighted by Gasteiger charge is 2.59. The average Bonchev–Trinajstić information content (AvgIpc) is 3.26. The van der Waals surface area contributed by atoms with Crippen molar-refractivity contribution in [3.05, 3.63) is 106 Å². The summed E-state index contributed by atoms with van der Waals surface area (Å²) in [6, 6.07) is 23.1. The molecule has 2 aliphatic heterocycles. The van der Waals surface area contributed by atoms with E-state index in [1.807, 2.05) is 89.5 Å². The lowest BCUT2D eigenvalue weighted by molar-refractivity contribution is -0.135. The zero-order valence-corrected chi connectivity index (χ0v) is 17.4. The number of benzene rings is 3. The molecule has 30 heavy (non-hydrogen) atoms. The van der Waals surface area contributed by atoms with Crippen molar-refractivity contribution in [2.24, 2.45) is 0 Å². The maximum Gasteiger partial charge on any atom is 0.256 e. The van der Waals surface area contributed by atoms with Crippen LogP contribution < -0.4 is 0 Å². The molecule has 1 atom stereocenters. The van der Waals surface area contributed by atoms with Crippen molar-refractivity contribution in [3.8, 4) is 0 Å². The maximum absolute atomic E-state index is 13.6. The average molecular weight is 417 g/mol. The summed E-state index contributed by atoms with van der Waals surface area (Å²) in [5, 5.41) is 0.620. The van der Waals surface area contributed by atoms with Gasteiger partial charge in [0.25, 0.3) is 5.91 Å². The van der Waals surface area contributed by atoms with Crippen LogP contribution in [0.15, 0.2) is 72.8 Å². The molecule has 0 saturated carbocycles. The molecule has 0 aromatic heterocycles. The molecule has 0 spiro atoms. The minimum absolute atomic E-state index is 0.000746. The summed E-state index contributed by atoms with van der Waals surface area (Å²) in [5.41, 5.74) is 3.58. The Morgan fingerprint density at radius 2 is 1.67 bits per heavy atom. The quantitative estimate of drug-likeness (QED) is 0.635. The molecule has 3 aromatic rings. The second kappa shape index (κ2) is 6.99. The Labute approximate surface area is 180 Å². The molecule has 150 valence electrons. The van der Waals surface area contributed by atoms with Gasteiger partial charge in [0.1, 0.15) is 0 Å². The smallest absolute Gasteiger partial charge is 0.256 e. The van der Waals surface area contributed by atoms with Gasteiger partial charge in [-0.1, -0.05) is 71.8 Å². The van der Waals surface area contributed by atoms with Gasteiger partial charge in [0.05, 0.1) is 6.42 Å². The fraction of sp³-hybridized carbons (Fsp3) is 0.200. The first kappa shape index (κ1) is 18.9. The molecular weight excluding hydrogens is 396 g/mol. The number of fused-ring (bicyclic) bond motifs is 3. The number of rotatable bonds is 3. The monoisotopic (exact) mass is 416 g/mol. The van der Waals surface area contributed by atoms with Crippen LogP contribution in [0.4, 0.5) is 0 Å². The molecule has 0 radical (unpaired) electrons. The fourth-order valence-corrected chi connectivity index (χ4v) is 4.88. The molecule has 5 rings (SSSR count). The van der Waals surface area contributed by atoms with Crippen LogP contribution in [0.25, 0.3) is 0 Å². The Hall–Kier alpha value is -3.11. The van der Waals surface area contributed by atoms with Crippen molar-refractivity contribution < 1.29 is 9.59 Å². The summed E-state index contributed by atoms with van der Waals surface area (Å²) in [6.07, 6.45) is 0.291. The van der Waals surface area contributed by atoms with Gasteiger partial charge in [-0.3, -0.25) is 9.59 Å². The van der Waals surface area contributed by atoms with E-state index >= 15 is 0 Å². The molecule has 1 fully saturated rings. The highest BCUT2D eigenvalue weighted by atomic mass is 35.5. The molecule has 2 amide bonds. The van der Waals surface area contributed by atoms with Crippen molar-refractivity contribution in [3.63, 3.8) is 0 Å². The summed E-state index contributed by atoms with van der Waals surface area (Å²) in [6.45, 7) is 3.02. The minimum atomic E-state index is -0.931. The predicted octanol–water partition coefficient (Wildman–Crippen LogP) is 4.39. The van der Waals surface area contributed by atoms with Gasteiger partial charge in [0, 0.05) is 34.8 Å². The molecule has 2 aliphatic rings. The molecule has 2 heterocycles. The van der Waals surface area contributed by atoms with E-state index in [2.05, 4.69) is 0 Å². The molecule has 1 unspecified atom stereocenters. The van der Waals surface area contributed by atoms with Gasteiger partial charge in [-0.15, -0.1) is 0 Å². The van der Waals surface area contributed by atoms with Crippen LogP contribution >= 0.6 is 11.6 Å². The third-order valence-electron chi connectivity index (χ3n) is 6.13. The summed E-state index contributed by atoms with van der Waals surface area (Å²) < 4.78 is 0. The zero-order valence-electron chi connectivity index (χ0n) is 16.6.